The topological polar surface area (TPSA) is 26.0 Å². The Labute approximate surface area is 81.9 Å². The quantitative estimate of drug-likeness (QED) is 0.772. The van der Waals surface area contributed by atoms with Crippen molar-refractivity contribution in [2.45, 2.75) is 24.7 Å². The maximum atomic E-state index is 13.0. The third-order valence-electron chi connectivity index (χ3n) is 3.18. The standard InChI is InChI=1S/C11H13F2N/c12-10(13)11(7-14)6-5-8-3-1-2-4-9(8)11/h1-4,10H,5-7,14H2. The van der Waals surface area contributed by atoms with E-state index in [-0.39, 0.29) is 6.54 Å². The summed E-state index contributed by atoms with van der Waals surface area (Å²) < 4.78 is 26.0. The van der Waals surface area contributed by atoms with Crippen molar-refractivity contribution in [2.24, 2.45) is 5.73 Å². The van der Waals surface area contributed by atoms with Crippen molar-refractivity contribution >= 4 is 0 Å². The Kier molecular flexibility index (Phi) is 2.27. The van der Waals surface area contributed by atoms with Crippen molar-refractivity contribution in [3.05, 3.63) is 35.4 Å². The minimum atomic E-state index is -2.36. The SMILES string of the molecule is NCC1(C(F)F)CCc2ccccc21. The van der Waals surface area contributed by atoms with Crippen LogP contribution >= 0.6 is 0 Å². The highest BCUT2D eigenvalue weighted by Crippen LogP contribution is 2.42. The molecule has 1 aromatic rings. The van der Waals surface area contributed by atoms with Crippen molar-refractivity contribution < 1.29 is 8.78 Å². The van der Waals surface area contributed by atoms with Crippen molar-refractivity contribution in [3.8, 4) is 0 Å². The van der Waals surface area contributed by atoms with Crippen molar-refractivity contribution in [1.29, 1.82) is 0 Å². The first kappa shape index (κ1) is 9.59. The van der Waals surface area contributed by atoms with Gasteiger partial charge in [-0.3, -0.25) is 0 Å². The Morgan fingerprint density at radius 1 is 1.36 bits per heavy atom. The molecule has 76 valence electrons. The molecule has 0 amide bonds. The van der Waals surface area contributed by atoms with Gasteiger partial charge in [0.1, 0.15) is 0 Å². The van der Waals surface area contributed by atoms with Crippen molar-refractivity contribution in [2.75, 3.05) is 6.54 Å². The summed E-state index contributed by atoms with van der Waals surface area (Å²) in [5.41, 5.74) is 6.19. The van der Waals surface area contributed by atoms with E-state index >= 15 is 0 Å². The Hall–Kier alpha value is -0.960. The minimum Gasteiger partial charge on any atom is -0.329 e. The molecule has 0 fully saturated rings. The van der Waals surface area contributed by atoms with Crippen LogP contribution in [-0.2, 0) is 11.8 Å². The Balaban J connectivity index is 2.50. The number of fused-ring (bicyclic) bond motifs is 1. The van der Waals surface area contributed by atoms with E-state index in [0.29, 0.717) is 6.42 Å². The van der Waals surface area contributed by atoms with Gasteiger partial charge >= 0.3 is 0 Å². The second-order valence-electron chi connectivity index (χ2n) is 3.82. The molecule has 0 saturated carbocycles. The molecule has 0 bridgehead atoms. The van der Waals surface area contributed by atoms with Gasteiger partial charge in [0.2, 0.25) is 6.43 Å². The zero-order chi connectivity index (χ0) is 10.2. The maximum Gasteiger partial charge on any atom is 0.249 e. The first-order valence-corrected chi connectivity index (χ1v) is 4.77. The number of alkyl halides is 2. The number of halogens is 2. The second kappa shape index (κ2) is 3.31. The molecule has 1 aromatic carbocycles. The number of rotatable bonds is 2. The molecule has 1 aliphatic rings. The largest absolute Gasteiger partial charge is 0.329 e. The van der Waals surface area contributed by atoms with Crippen LogP contribution in [0, 0.1) is 0 Å². The normalized spacial score (nSPS) is 25.4. The minimum absolute atomic E-state index is 0.0294. The van der Waals surface area contributed by atoms with Crippen molar-refractivity contribution in [1.82, 2.24) is 0 Å². The highest BCUT2D eigenvalue weighted by atomic mass is 19.3. The van der Waals surface area contributed by atoms with E-state index in [1.54, 1.807) is 12.1 Å². The van der Waals surface area contributed by atoms with Crippen LogP contribution in [0.3, 0.4) is 0 Å². The smallest absolute Gasteiger partial charge is 0.249 e. The fraction of sp³-hybridized carbons (Fsp3) is 0.455. The van der Waals surface area contributed by atoms with Crippen LogP contribution in [0.1, 0.15) is 17.5 Å². The molecule has 0 aliphatic heterocycles. The van der Waals surface area contributed by atoms with Crippen LogP contribution in [0.2, 0.25) is 0 Å². The summed E-state index contributed by atoms with van der Waals surface area (Å²) in [5.74, 6) is 0. The van der Waals surface area contributed by atoms with E-state index in [9.17, 15) is 8.78 Å². The summed E-state index contributed by atoms with van der Waals surface area (Å²) in [4.78, 5) is 0. The lowest BCUT2D eigenvalue weighted by molar-refractivity contribution is 0.0541. The molecule has 0 radical (unpaired) electrons. The van der Waals surface area contributed by atoms with Gasteiger partial charge in [0.15, 0.2) is 0 Å². The van der Waals surface area contributed by atoms with E-state index in [0.717, 1.165) is 17.5 Å². The van der Waals surface area contributed by atoms with E-state index in [4.69, 9.17) is 5.73 Å². The summed E-state index contributed by atoms with van der Waals surface area (Å²) in [6.45, 7) is 0.0294. The lowest BCUT2D eigenvalue weighted by atomic mass is 9.82. The van der Waals surface area contributed by atoms with Gasteiger partial charge in [-0.2, -0.15) is 0 Å². The lowest BCUT2D eigenvalue weighted by Crippen LogP contribution is -2.39. The summed E-state index contributed by atoms with van der Waals surface area (Å²) in [6.07, 6.45) is -1.17. The molecule has 1 aliphatic carbocycles. The zero-order valence-electron chi connectivity index (χ0n) is 7.84. The molecule has 2 rings (SSSR count). The van der Waals surface area contributed by atoms with Crippen molar-refractivity contribution in [3.63, 3.8) is 0 Å². The van der Waals surface area contributed by atoms with E-state index in [1.807, 2.05) is 12.1 Å². The summed E-state index contributed by atoms with van der Waals surface area (Å²) in [5, 5.41) is 0. The van der Waals surface area contributed by atoms with Crippen LogP contribution in [-0.4, -0.2) is 13.0 Å². The first-order valence-electron chi connectivity index (χ1n) is 4.77. The molecule has 3 heteroatoms. The molecule has 0 saturated heterocycles. The van der Waals surface area contributed by atoms with E-state index < -0.39 is 11.8 Å². The molecule has 0 heterocycles. The molecule has 1 nitrogen and oxygen atoms in total. The number of hydrogen-bond donors (Lipinski definition) is 1. The van der Waals surface area contributed by atoms with Gasteiger partial charge in [-0.15, -0.1) is 0 Å². The molecule has 0 aromatic heterocycles. The average molecular weight is 197 g/mol. The third-order valence-corrected chi connectivity index (χ3v) is 3.18. The molecular weight excluding hydrogens is 184 g/mol. The monoisotopic (exact) mass is 197 g/mol. The molecule has 14 heavy (non-hydrogen) atoms. The Morgan fingerprint density at radius 2 is 2.07 bits per heavy atom. The zero-order valence-corrected chi connectivity index (χ0v) is 7.84. The van der Waals surface area contributed by atoms with Gasteiger partial charge in [-0.25, -0.2) is 8.78 Å². The Bertz CT molecular complexity index is 338. The predicted octanol–water partition coefficient (Wildman–Crippen LogP) is 2.09. The molecule has 2 N–H and O–H groups in total. The fourth-order valence-corrected chi connectivity index (χ4v) is 2.24. The van der Waals surface area contributed by atoms with E-state index in [2.05, 4.69) is 0 Å². The summed E-state index contributed by atoms with van der Waals surface area (Å²) >= 11 is 0. The maximum absolute atomic E-state index is 13.0. The predicted molar refractivity (Wildman–Crippen MR) is 51.5 cm³/mol. The number of benzene rings is 1. The third kappa shape index (κ3) is 1.16. The van der Waals surface area contributed by atoms with Crippen LogP contribution in [0.5, 0.6) is 0 Å². The van der Waals surface area contributed by atoms with E-state index in [1.165, 1.54) is 0 Å². The fourth-order valence-electron chi connectivity index (χ4n) is 2.24. The van der Waals surface area contributed by atoms with Gasteiger partial charge in [0.25, 0.3) is 0 Å². The highest BCUT2D eigenvalue weighted by Gasteiger charge is 2.45. The summed E-state index contributed by atoms with van der Waals surface area (Å²) in [7, 11) is 0. The van der Waals surface area contributed by atoms with Crippen LogP contribution in [0.15, 0.2) is 24.3 Å². The molecule has 1 atom stereocenters. The lowest BCUT2D eigenvalue weighted by Gasteiger charge is -2.27. The van der Waals surface area contributed by atoms with Gasteiger partial charge in [0, 0.05) is 6.54 Å². The first-order chi connectivity index (χ1) is 6.70. The molecule has 1 unspecified atom stereocenters. The van der Waals surface area contributed by atoms with Gasteiger partial charge in [0.05, 0.1) is 5.41 Å². The molecular formula is C11H13F2N. The number of aryl methyl sites for hydroxylation is 1. The average Bonchev–Trinajstić information content (AvgIpc) is 2.57. The number of hydrogen-bond acceptors (Lipinski definition) is 1. The van der Waals surface area contributed by atoms with Gasteiger partial charge < -0.3 is 5.73 Å². The van der Waals surface area contributed by atoms with Crippen LogP contribution in [0.4, 0.5) is 8.78 Å². The van der Waals surface area contributed by atoms with Gasteiger partial charge in [-0.05, 0) is 24.0 Å². The molecule has 0 spiro atoms. The highest BCUT2D eigenvalue weighted by molar-refractivity contribution is 5.40. The Morgan fingerprint density at radius 3 is 2.71 bits per heavy atom. The van der Waals surface area contributed by atoms with Crippen LogP contribution in [0.25, 0.3) is 0 Å². The second-order valence-corrected chi connectivity index (χ2v) is 3.82. The van der Waals surface area contributed by atoms with Gasteiger partial charge in [-0.1, -0.05) is 24.3 Å². The van der Waals surface area contributed by atoms with Crippen LogP contribution < -0.4 is 5.73 Å². The number of nitrogens with two attached hydrogens (primary N) is 1. The summed E-state index contributed by atoms with van der Waals surface area (Å²) in [6, 6.07) is 7.38.